The van der Waals surface area contributed by atoms with Gasteiger partial charge in [0.1, 0.15) is 12.3 Å². The summed E-state index contributed by atoms with van der Waals surface area (Å²) in [7, 11) is 0. The smallest absolute Gasteiger partial charge is 0.294 e. The molecule has 0 atom stereocenters. The van der Waals surface area contributed by atoms with Crippen molar-refractivity contribution >= 4 is 72.4 Å². The number of nitrogens with zero attached hydrogens (tertiary/aromatic N) is 1. The van der Waals surface area contributed by atoms with Crippen LogP contribution in [-0.4, -0.2) is 34.6 Å². The summed E-state index contributed by atoms with van der Waals surface area (Å²) in [6, 6.07) is 12.5. The fraction of sp³-hybridized carbons (Fsp3) is 0.190. The standard InChI is InChI=1S/C21H18Br2N2O4S/c1-12(2)29-17-8-7-13(9-15(17)23)10-18-20(27)25(21(28)30-18)11-19(26)24-16-6-4-3-5-14(16)22/h3-10,12H,11H2,1-2H3,(H,24,26)/b18-10-. The number of ether oxygens (including phenoxy) is 1. The number of hydrogen-bond donors (Lipinski definition) is 1. The van der Waals surface area contributed by atoms with Crippen molar-refractivity contribution in [3.63, 3.8) is 0 Å². The number of nitrogens with one attached hydrogen (secondary N) is 1. The van der Waals surface area contributed by atoms with Gasteiger partial charge in [-0.15, -0.1) is 0 Å². The number of imide groups is 1. The third kappa shape index (κ3) is 5.53. The van der Waals surface area contributed by atoms with Crippen LogP contribution in [0.5, 0.6) is 5.75 Å². The van der Waals surface area contributed by atoms with Gasteiger partial charge in [-0.2, -0.15) is 0 Å². The molecule has 6 nitrogen and oxygen atoms in total. The number of anilines is 1. The fourth-order valence-electron chi connectivity index (χ4n) is 2.64. The summed E-state index contributed by atoms with van der Waals surface area (Å²) in [6.45, 7) is 3.51. The van der Waals surface area contributed by atoms with Gasteiger partial charge in [0.05, 0.1) is 21.2 Å². The Kier molecular flexibility index (Phi) is 7.38. The Hall–Kier alpha value is -2.10. The van der Waals surface area contributed by atoms with Crippen LogP contribution in [0.4, 0.5) is 10.5 Å². The van der Waals surface area contributed by atoms with Gasteiger partial charge in [-0.25, -0.2) is 0 Å². The van der Waals surface area contributed by atoms with Gasteiger partial charge >= 0.3 is 0 Å². The van der Waals surface area contributed by atoms with Crippen LogP contribution >= 0.6 is 43.6 Å². The second-order valence-electron chi connectivity index (χ2n) is 6.65. The van der Waals surface area contributed by atoms with Gasteiger partial charge < -0.3 is 10.1 Å². The molecule has 1 N–H and O–H groups in total. The zero-order valence-electron chi connectivity index (χ0n) is 16.1. The van der Waals surface area contributed by atoms with Crippen molar-refractivity contribution in [2.75, 3.05) is 11.9 Å². The molecule has 1 heterocycles. The first-order valence-corrected chi connectivity index (χ1v) is 11.4. The van der Waals surface area contributed by atoms with Crippen LogP contribution in [0.15, 0.2) is 56.3 Å². The van der Waals surface area contributed by atoms with Crippen LogP contribution in [0.2, 0.25) is 0 Å². The largest absolute Gasteiger partial charge is 0.490 e. The van der Waals surface area contributed by atoms with Crippen molar-refractivity contribution < 1.29 is 19.1 Å². The van der Waals surface area contributed by atoms with E-state index < -0.39 is 17.1 Å². The van der Waals surface area contributed by atoms with Crippen molar-refractivity contribution in [1.29, 1.82) is 0 Å². The minimum absolute atomic E-state index is 0.0336. The molecule has 3 amide bonds. The number of para-hydroxylation sites is 1. The molecular formula is C21H18Br2N2O4S. The molecule has 0 aliphatic carbocycles. The Morgan fingerprint density at radius 1 is 1.17 bits per heavy atom. The Morgan fingerprint density at radius 2 is 1.90 bits per heavy atom. The SMILES string of the molecule is CC(C)Oc1ccc(/C=C2\SC(=O)N(CC(=O)Nc3ccccc3Br)C2=O)cc1Br. The van der Waals surface area contributed by atoms with E-state index in [2.05, 4.69) is 37.2 Å². The first-order chi connectivity index (χ1) is 14.2. The van der Waals surface area contributed by atoms with Crippen molar-refractivity contribution in [2.24, 2.45) is 0 Å². The van der Waals surface area contributed by atoms with E-state index in [-0.39, 0.29) is 17.6 Å². The highest BCUT2D eigenvalue weighted by atomic mass is 79.9. The van der Waals surface area contributed by atoms with E-state index >= 15 is 0 Å². The average Bonchev–Trinajstić information content (AvgIpc) is 2.93. The quantitative estimate of drug-likeness (QED) is 0.466. The van der Waals surface area contributed by atoms with E-state index in [1.807, 2.05) is 26.0 Å². The summed E-state index contributed by atoms with van der Waals surface area (Å²) in [5, 5.41) is 2.21. The second-order valence-corrected chi connectivity index (χ2v) is 9.35. The highest BCUT2D eigenvalue weighted by Gasteiger charge is 2.36. The zero-order chi connectivity index (χ0) is 21.8. The predicted molar refractivity (Wildman–Crippen MR) is 125 cm³/mol. The molecule has 0 spiro atoms. The molecule has 156 valence electrons. The van der Waals surface area contributed by atoms with Crippen LogP contribution in [0.1, 0.15) is 19.4 Å². The Labute approximate surface area is 195 Å². The van der Waals surface area contributed by atoms with Gasteiger partial charge in [0, 0.05) is 4.47 Å². The number of carbonyl (C=O) groups is 3. The molecule has 1 saturated heterocycles. The molecule has 0 radical (unpaired) electrons. The number of benzene rings is 2. The lowest BCUT2D eigenvalue weighted by atomic mass is 10.2. The van der Waals surface area contributed by atoms with Crippen LogP contribution < -0.4 is 10.1 Å². The molecule has 2 aromatic carbocycles. The number of thioether (sulfide) groups is 1. The zero-order valence-corrected chi connectivity index (χ0v) is 20.1. The number of hydrogen-bond acceptors (Lipinski definition) is 5. The highest BCUT2D eigenvalue weighted by molar-refractivity contribution is 9.11. The molecular weight excluding hydrogens is 536 g/mol. The predicted octanol–water partition coefficient (Wildman–Crippen LogP) is 5.67. The molecule has 1 fully saturated rings. The number of carbonyl (C=O) groups excluding carboxylic acids is 3. The maximum Gasteiger partial charge on any atom is 0.294 e. The number of amides is 3. The normalized spacial score (nSPS) is 15.2. The summed E-state index contributed by atoms with van der Waals surface area (Å²) in [5.41, 5.74) is 1.31. The lowest BCUT2D eigenvalue weighted by Crippen LogP contribution is -2.36. The van der Waals surface area contributed by atoms with E-state index in [0.29, 0.717) is 15.9 Å². The van der Waals surface area contributed by atoms with Crippen molar-refractivity contribution in [2.45, 2.75) is 20.0 Å². The summed E-state index contributed by atoms with van der Waals surface area (Å²) in [5.74, 6) is -0.256. The van der Waals surface area contributed by atoms with Crippen LogP contribution in [0.25, 0.3) is 6.08 Å². The lowest BCUT2D eigenvalue weighted by Gasteiger charge is -2.13. The molecule has 0 unspecified atom stereocenters. The first kappa shape index (κ1) is 22.6. The molecule has 1 aliphatic rings. The van der Waals surface area contributed by atoms with Gasteiger partial charge in [0.15, 0.2) is 0 Å². The third-order valence-corrected chi connectivity index (χ3v) is 6.16. The van der Waals surface area contributed by atoms with E-state index in [1.54, 1.807) is 36.4 Å². The number of rotatable bonds is 6. The summed E-state index contributed by atoms with van der Waals surface area (Å²) in [4.78, 5) is 38.5. The van der Waals surface area contributed by atoms with Crippen molar-refractivity contribution in [3.05, 3.63) is 61.9 Å². The van der Waals surface area contributed by atoms with Gasteiger partial charge in [0.2, 0.25) is 5.91 Å². The Bertz CT molecular complexity index is 1040. The third-order valence-electron chi connectivity index (χ3n) is 3.94. The Balaban J connectivity index is 1.70. The molecule has 0 saturated carbocycles. The summed E-state index contributed by atoms with van der Waals surface area (Å²) in [6.07, 6.45) is 1.66. The minimum atomic E-state index is -0.495. The van der Waals surface area contributed by atoms with Gasteiger partial charge in [-0.05, 0) is 93.4 Å². The van der Waals surface area contributed by atoms with Gasteiger partial charge in [0.25, 0.3) is 11.1 Å². The molecule has 1 aliphatic heterocycles. The van der Waals surface area contributed by atoms with E-state index in [1.165, 1.54) is 0 Å². The maximum absolute atomic E-state index is 12.7. The van der Waals surface area contributed by atoms with Crippen molar-refractivity contribution in [1.82, 2.24) is 4.90 Å². The molecule has 30 heavy (non-hydrogen) atoms. The van der Waals surface area contributed by atoms with Crippen LogP contribution in [0.3, 0.4) is 0 Å². The van der Waals surface area contributed by atoms with E-state index in [4.69, 9.17) is 4.74 Å². The fourth-order valence-corrected chi connectivity index (χ4v) is 4.35. The number of halogens is 2. The van der Waals surface area contributed by atoms with Crippen molar-refractivity contribution in [3.8, 4) is 5.75 Å². The molecule has 3 rings (SSSR count). The van der Waals surface area contributed by atoms with Gasteiger partial charge in [-0.3, -0.25) is 19.3 Å². The average molecular weight is 554 g/mol. The van der Waals surface area contributed by atoms with Gasteiger partial charge in [-0.1, -0.05) is 18.2 Å². The Morgan fingerprint density at radius 3 is 2.57 bits per heavy atom. The summed E-state index contributed by atoms with van der Waals surface area (Å²) >= 11 is 7.61. The molecule has 0 aromatic heterocycles. The monoisotopic (exact) mass is 552 g/mol. The molecule has 9 heteroatoms. The van der Waals surface area contributed by atoms with Crippen LogP contribution in [0, 0.1) is 0 Å². The van der Waals surface area contributed by atoms with E-state index in [9.17, 15) is 14.4 Å². The molecule has 2 aromatic rings. The maximum atomic E-state index is 12.7. The van der Waals surface area contributed by atoms with E-state index in [0.717, 1.165) is 26.7 Å². The topological polar surface area (TPSA) is 75.7 Å². The summed E-state index contributed by atoms with van der Waals surface area (Å²) < 4.78 is 7.13. The minimum Gasteiger partial charge on any atom is -0.490 e. The lowest BCUT2D eigenvalue weighted by molar-refractivity contribution is -0.127. The molecule has 0 bridgehead atoms. The first-order valence-electron chi connectivity index (χ1n) is 9.00. The van der Waals surface area contributed by atoms with Crippen LogP contribution in [-0.2, 0) is 9.59 Å². The second kappa shape index (κ2) is 9.80. The highest BCUT2D eigenvalue weighted by Crippen LogP contribution is 2.34.